The standard InChI is InChI=1S/C8H15N/c1-4-6-8(3)9-7-5-2/h4,6,9H,3,5,7H2,1-2H3. The molecule has 0 aromatic rings. The molecule has 0 aromatic heterocycles. The second kappa shape index (κ2) is 5.42. The quantitative estimate of drug-likeness (QED) is 0.567. The lowest BCUT2D eigenvalue weighted by molar-refractivity contribution is 0.787. The minimum absolute atomic E-state index is 0.999. The largest absolute Gasteiger partial charge is 0.386 e. The van der Waals surface area contributed by atoms with E-state index in [1.807, 2.05) is 19.1 Å². The van der Waals surface area contributed by atoms with E-state index in [1.165, 1.54) is 0 Å². The topological polar surface area (TPSA) is 12.0 Å². The van der Waals surface area contributed by atoms with Crippen molar-refractivity contribution in [2.75, 3.05) is 6.54 Å². The minimum Gasteiger partial charge on any atom is -0.386 e. The molecule has 0 aliphatic heterocycles. The molecule has 0 atom stereocenters. The normalized spacial score (nSPS) is 10.0. The molecule has 9 heavy (non-hydrogen) atoms. The fourth-order valence-corrected chi connectivity index (χ4v) is 0.546. The summed E-state index contributed by atoms with van der Waals surface area (Å²) < 4.78 is 0. The molecule has 0 aliphatic carbocycles. The lowest BCUT2D eigenvalue weighted by atomic mass is 10.4. The van der Waals surface area contributed by atoms with Gasteiger partial charge in [0.2, 0.25) is 0 Å². The van der Waals surface area contributed by atoms with E-state index in [9.17, 15) is 0 Å². The first-order valence-electron chi connectivity index (χ1n) is 3.36. The summed E-state index contributed by atoms with van der Waals surface area (Å²) in [5.41, 5.74) is 0.999. The van der Waals surface area contributed by atoms with Crippen molar-refractivity contribution in [3.63, 3.8) is 0 Å². The summed E-state index contributed by atoms with van der Waals surface area (Å²) in [4.78, 5) is 0. The van der Waals surface area contributed by atoms with Crippen LogP contribution in [0.5, 0.6) is 0 Å². The zero-order valence-electron chi connectivity index (χ0n) is 6.28. The zero-order valence-corrected chi connectivity index (χ0v) is 6.28. The van der Waals surface area contributed by atoms with Crippen molar-refractivity contribution in [3.05, 3.63) is 24.4 Å². The average molecular weight is 125 g/mol. The van der Waals surface area contributed by atoms with Crippen molar-refractivity contribution >= 4 is 0 Å². The molecule has 0 unspecified atom stereocenters. The molecule has 1 N–H and O–H groups in total. The molecule has 0 aliphatic rings. The van der Waals surface area contributed by atoms with Crippen LogP contribution in [0.2, 0.25) is 0 Å². The second-order valence-electron chi connectivity index (χ2n) is 1.95. The van der Waals surface area contributed by atoms with E-state index < -0.39 is 0 Å². The van der Waals surface area contributed by atoms with Crippen molar-refractivity contribution in [2.45, 2.75) is 20.3 Å². The van der Waals surface area contributed by atoms with E-state index in [0.29, 0.717) is 0 Å². The molecule has 0 fully saturated rings. The van der Waals surface area contributed by atoms with Gasteiger partial charge in [-0.25, -0.2) is 0 Å². The van der Waals surface area contributed by atoms with Gasteiger partial charge in [0.05, 0.1) is 0 Å². The summed E-state index contributed by atoms with van der Waals surface area (Å²) in [5, 5.41) is 3.15. The fourth-order valence-electron chi connectivity index (χ4n) is 0.546. The Morgan fingerprint density at radius 3 is 2.78 bits per heavy atom. The van der Waals surface area contributed by atoms with Crippen LogP contribution in [0.4, 0.5) is 0 Å². The monoisotopic (exact) mass is 125 g/mol. The first-order chi connectivity index (χ1) is 4.31. The Morgan fingerprint density at radius 1 is 1.67 bits per heavy atom. The predicted molar refractivity (Wildman–Crippen MR) is 42.2 cm³/mol. The maximum atomic E-state index is 3.78. The van der Waals surface area contributed by atoms with E-state index in [2.05, 4.69) is 18.8 Å². The molecular weight excluding hydrogens is 110 g/mol. The highest BCUT2D eigenvalue weighted by Crippen LogP contribution is 1.85. The Bertz CT molecular complexity index is 103. The summed E-state index contributed by atoms with van der Waals surface area (Å²) in [6, 6.07) is 0. The number of rotatable bonds is 4. The van der Waals surface area contributed by atoms with E-state index in [-0.39, 0.29) is 0 Å². The van der Waals surface area contributed by atoms with Gasteiger partial charge in [-0.3, -0.25) is 0 Å². The third-order valence-electron chi connectivity index (χ3n) is 0.970. The number of hydrogen-bond donors (Lipinski definition) is 1. The smallest absolute Gasteiger partial charge is 0.0263 e. The van der Waals surface area contributed by atoms with E-state index in [0.717, 1.165) is 18.7 Å². The van der Waals surface area contributed by atoms with Gasteiger partial charge >= 0.3 is 0 Å². The third-order valence-corrected chi connectivity index (χ3v) is 0.970. The summed E-state index contributed by atoms with van der Waals surface area (Å²) in [6.07, 6.45) is 5.09. The summed E-state index contributed by atoms with van der Waals surface area (Å²) >= 11 is 0. The van der Waals surface area contributed by atoms with Gasteiger partial charge < -0.3 is 5.32 Å². The van der Waals surface area contributed by atoms with E-state index in [1.54, 1.807) is 0 Å². The van der Waals surface area contributed by atoms with Crippen LogP contribution in [0, 0.1) is 0 Å². The molecule has 0 saturated heterocycles. The van der Waals surface area contributed by atoms with E-state index >= 15 is 0 Å². The van der Waals surface area contributed by atoms with Crippen LogP contribution in [0.1, 0.15) is 20.3 Å². The lowest BCUT2D eigenvalue weighted by Crippen LogP contribution is -2.10. The summed E-state index contributed by atoms with van der Waals surface area (Å²) in [5.74, 6) is 0. The van der Waals surface area contributed by atoms with Gasteiger partial charge in [0, 0.05) is 12.2 Å². The molecular formula is C8H15N. The molecule has 1 nitrogen and oxygen atoms in total. The molecule has 52 valence electrons. The molecule has 0 radical (unpaired) electrons. The van der Waals surface area contributed by atoms with E-state index in [4.69, 9.17) is 0 Å². The van der Waals surface area contributed by atoms with Gasteiger partial charge in [0.25, 0.3) is 0 Å². The maximum Gasteiger partial charge on any atom is 0.0263 e. The first kappa shape index (κ1) is 8.28. The average Bonchev–Trinajstić information content (AvgIpc) is 1.85. The van der Waals surface area contributed by atoms with Gasteiger partial charge in [0.1, 0.15) is 0 Å². The summed E-state index contributed by atoms with van der Waals surface area (Å²) in [7, 11) is 0. The maximum absolute atomic E-state index is 3.78. The first-order valence-corrected chi connectivity index (χ1v) is 3.36. The third kappa shape index (κ3) is 5.15. The second-order valence-corrected chi connectivity index (χ2v) is 1.95. The fraction of sp³-hybridized carbons (Fsp3) is 0.500. The van der Waals surface area contributed by atoms with Crippen molar-refractivity contribution in [3.8, 4) is 0 Å². The van der Waals surface area contributed by atoms with Crippen molar-refractivity contribution in [1.82, 2.24) is 5.32 Å². The number of hydrogen-bond acceptors (Lipinski definition) is 1. The molecule has 0 saturated carbocycles. The molecule has 0 aromatic carbocycles. The Hall–Kier alpha value is -0.720. The zero-order chi connectivity index (χ0) is 7.11. The van der Waals surface area contributed by atoms with Crippen LogP contribution in [-0.2, 0) is 0 Å². The van der Waals surface area contributed by atoms with Crippen LogP contribution in [0.15, 0.2) is 24.4 Å². The van der Waals surface area contributed by atoms with Gasteiger partial charge in [-0.05, 0) is 19.4 Å². The van der Waals surface area contributed by atoms with Gasteiger partial charge in [0.15, 0.2) is 0 Å². The predicted octanol–water partition coefficient (Wildman–Crippen LogP) is 2.08. The Morgan fingerprint density at radius 2 is 2.33 bits per heavy atom. The summed E-state index contributed by atoms with van der Waals surface area (Å²) in [6.45, 7) is 8.92. The van der Waals surface area contributed by atoms with Crippen LogP contribution < -0.4 is 5.32 Å². The Labute approximate surface area is 57.5 Å². The van der Waals surface area contributed by atoms with Gasteiger partial charge in [-0.2, -0.15) is 0 Å². The van der Waals surface area contributed by atoms with Crippen molar-refractivity contribution in [2.24, 2.45) is 0 Å². The van der Waals surface area contributed by atoms with Gasteiger partial charge in [-0.1, -0.05) is 19.6 Å². The Kier molecular flexibility index (Phi) is 4.98. The van der Waals surface area contributed by atoms with Crippen LogP contribution in [0.3, 0.4) is 0 Å². The van der Waals surface area contributed by atoms with Crippen LogP contribution in [0.25, 0.3) is 0 Å². The highest BCUT2D eigenvalue weighted by atomic mass is 14.9. The SMILES string of the molecule is C=C(C=CC)NCCC. The number of allylic oxidation sites excluding steroid dienone is 2. The van der Waals surface area contributed by atoms with Crippen LogP contribution >= 0.6 is 0 Å². The Balaban J connectivity index is 3.27. The molecule has 0 heterocycles. The lowest BCUT2D eigenvalue weighted by Gasteiger charge is -2.00. The molecule has 0 amide bonds. The van der Waals surface area contributed by atoms with Crippen molar-refractivity contribution < 1.29 is 0 Å². The molecule has 0 bridgehead atoms. The van der Waals surface area contributed by atoms with Crippen LogP contribution in [-0.4, -0.2) is 6.54 Å². The van der Waals surface area contributed by atoms with Gasteiger partial charge in [-0.15, -0.1) is 0 Å². The highest BCUT2D eigenvalue weighted by molar-refractivity contribution is 5.10. The molecule has 0 rings (SSSR count). The molecule has 1 heteroatoms. The minimum atomic E-state index is 0.999. The number of nitrogens with one attached hydrogen (secondary N) is 1. The molecule has 0 spiro atoms. The highest BCUT2D eigenvalue weighted by Gasteiger charge is 1.81. The van der Waals surface area contributed by atoms with Crippen molar-refractivity contribution in [1.29, 1.82) is 0 Å².